The molecule has 4 aromatic rings. The lowest BCUT2D eigenvalue weighted by Gasteiger charge is -2.23. The number of halogens is 6. The summed E-state index contributed by atoms with van der Waals surface area (Å²) in [5.41, 5.74) is -1.75. The van der Waals surface area contributed by atoms with E-state index in [0.717, 1.165) is 42.6 Å². The third kappa shape index (κ3) is 5.51. The molecule has 0 radical (unpaired) electrons. The van der Waals surface area contributed by atoms with Crippen LogP contribution in [0.25, 0.3) is 10.9 Å². The summed E-state index contributed by atoms with van der Waals surface area (Å²) < 4.78 is 79.9. The van der Waals surface area contributed by atoms with Gasteiger partial charge in [0.1, 0.15) is 0 Å². The Bertz CT molecular complexity index is 1350. The predicted molar refractivity (Wildman–Crippen MR) is 116 cm³/mol. The van der Waals surface area contributed by atoms with E-state index in [1.54, 1.807) is 30.3 Å². The summed E-state index contributed by atoms with van der Waals surface area (Å²) in [6.07, 6.45) is -6.97. The van der Waals surface area contributed by atoms with Gasteiger partial charge in [0.05, 0.1) is 40.3 Å². The number of benzene rings is 2. The first kappa shape index (κ1) is 24.0. The maximum absolute atomic E-state index is 13.7. The Balaban J connectivity index is 1.68. The van der Waals surface area contributed by atoms with E-state index in [1.165, 1.54) is 6.20 Å². The highest BCUT2D eigenvalue weighted by molar-refractivity contribution is 5.92. The van der Waals surface area contributed by atoms with Crippen LogP contribution in [0.2, 0.25) is 0 Å². The zero-order valence-corrected chi connectivity index (χ0v) is 17.7. The molecule has 0 unspecified atom stereocenters. The maximum atomic E-state index is 13.7. The van der Waals surface area contributed by atoms with Gasteiger partial charge in [0.15, 0.2) is 0 Å². The number of para-hydroxylation sites is 1. The standard InChI is InChI=1S/C24H16F6N4O/c25-23(26,27)16-9-7-14(8-10-16)20(21-18(24(28,29)30)5-3-11-31-21)34-22(35)33-17-12-15-4-1-2-6-19(15)32-13-17/h1-13,20H,(H2,33,34,35)/t20-/m0/s1. The molecular formula is C24H16F6N4O. The van der Waals surface area contributed by atoms with Crippen molar-refractivity contribution in [2.24, 2.45) is 0 Å². The number of urea groups is 1. The van der Waals surface area contributed by atoms with E-state index in [-0.39, 0.29) is 11.3 Å². The van der Waals surface area contributed by atoms with Crippen LogP contribution in [0.3, 0.4) is 0 Å². The first-order valence-electron chi connectivity index (χ1n) is 10.1. The predicted octanol–water partition coefficient (Wildman–Crippen LogP) is 6.58. The lowest BCUT2D eigenvalue weighted by Crippen LogP contribution is -2.35. The average Bonchev–Trinajstić information content (AvgIpc) is 2.81. The summed E-state index contributed by atoms with van der Waals surface area (Å²) in [5.74, 6) is 0. The van der Waals surface area contributed by atoms with Crippen LogP contribution in [0.15, 0.2) is 79.1 Å². The number of hydrogen-bond acceptors (Lipinski definition) is 3. The molecule has 35 heavy (non-hydrogen) atoms. The van der Waals surface area contributed by atoms with Crippen LogP contribution in [0.5, 0.6) is 0 Å². The molecule has 0 bridgehead atoms. The molecule has 0 aliphatic heterocycles. The minimum atomic E-state index is -4.81. The summed E-state index contributed by atoms with van der Waals surface area (Å²) in [6.45, 7) is 0. The molecule has 5 nitrogen and oxygen atoms in total. The minimum absolute atomic E-state index is 0.0195. The largest absolute Gasteiger partial charge is 0.418 e. The number of pyridine rings is 2. The first-order chi connectivity index (χ1) is 16.5. The number of carbonyl (C=O) groups excluding carboxylic acids is 1. The van der Waals surface area contributed by atoms with E-state index >= 15 is 0 Å². The van der Waals surface area contributed by atoms with Crippen LogP contribution >= 0.6 is 0 Å². The second-order valence-corrected chi connectivity index (χ2v) is 7.50. The quantitative estimate of drug-likeness (QED) is 0.318. The van der Waals surface area contributed by atoms with Crippen LogP contribution in [0.1, 0.15) is 28.4 Å². The fraction of sp³-hybridized carbons (Fsp3) is 0.125. The number of carbonyl (C=O) groups is 1. The van der Waals surface area contributed by atoms with Gasteiger partial charge in [-0.05, 0) is 42.0 Å². The van der Waals surface area contributed by atoms with E-state index in [2.05, 4.69) is 20.6 Å². The van der Waals surface area contributed by atoms with E-state index in [1.807, 2.05) is 0 Å². The number of nitrogens with zero attached hydrogens (tertiary/aromatic N) is 2. The third-order valence-electron chi connectivity index (χ3n) is 5.11. The fourth-order valence-electron chi connectivity index (χ4n) is 3.50. The molecule has 1 atom stereocenters. The van der Waals surface area contributed by atoms with Crippen molar-refractivity contribution in [2.75, 3.05) is 5.32 Å². The van der Waals surface area contributed by atoms with Crippen molar-refractivity contribution in [3.05, 3.63) is 102 Å². The first-order valence-corrected chi connectivity index (χ1v) is 10.1. The Morgan fingerprint density at radius 1 is 0.829 bits per heavy atom. The lowest BCUT2D eigenvalue weighted by atomic mass is 9.98. The molecule has 2 heterocycles. The Morgan fingerprint density at radius 2 is 1.54 bits per heavy atom. The number of amides is 2. The van der Waals surface area contributed by atoms with Crippen LogP contribution < -0.4 is 10.6 Å². The van der Waals surface area contributed by atoms with Crippen molar-refractivity contribution >= 4 is 22.6 Å². The zero-order valence-electron chi connectivity index (χ0n) is 17.7. The molecular weight excluding hydrogens is 474 g/mol. The lowest BCUT2D eigenvalue weighted by molar-refractivity contribution is -0.139. The molecule has 0 saturated carbocycles. The molecule has 11 heteroatoms. The summed E-state index contributed by atoms with van der Waals surface area (Å²) >= 11 is 0. The molecule has 2 aromatic heterocycles. The van der Waals surface area contributed by atoms with Gasteiger partial charge >= 0.3 is 18.4 Å². The van der Waals surface area contributed by atoms with Crippen molar-refractivity contribution < 1.29 is 31.1 Å². The SMILES string of the molecule is O=C(Nc1cnc2ccccc2c1)N[C@@H](c1ccc(C(F)(F)F)cc1)c1ncccc1C(F)(F)F. The summed E-state index contributed by atoms with van der Waals surface area (Å²) in [6, 6.07) is 11.6. The molecule has 0 spiro atoms. The number of rotatable bonds is 4. The number of nitrogens with one attached hydrogen (secondary N) is 2. The summed E-state index contributed by atoms with van der Waals surface area (Å²) in [7, 11) is 0. The van der Waals surface area contributed by atoms with E-state index in [4.69, 9.17) is 0 Å². The minimum Gasteiger partial charge on any atom is -0.325 e. The topological polar surface area (TPSA) is 66.9 Å². The van der Waals surface area contributed by atoms with Gasteiger partial charge < -0.3 is 10.6 Å². The van der Waals surface area contributed by atoms with Crippen molar-refractivity contribution in [3.63, 3.8) is 0 Å². The fourth-order valence-corrected chi connectivity index (χ4v) is 3.50. The van der Waals surface area contributed by atoms with Gasteiger partial charge in [-0.3, -0.25) is 9.97 Å². The van der Waals surface area contributed by atoms with Crippen LogP contribution in [-0.2, 0) is 12.4 Å². The van der Waals surface area contributed by atoms with Gasteiger partial charge in [0.2, 0.25) is 0 Å². The van der Waals surface area contributed by atoms with Crippen LogP contribution in [0, 0.1) is 0 Å². The Labute approximate surface area is 194 Å². The van der Waals surface area contributed by atoms with Crippen molar-refractivity contribution in [1.82, 2.24) is 15.3 Å². The van der Waals surface area contributed by atoms with Gasteiger partial charge in [0, 0.05) is 11.6 Å². The summed E-state index contributed by atoms with van der Waals surface area (Å²) in [5, 5.41) is 5.61. The van der Waals surface area contributed by atoms with Crippen LogP contribution in [-0.4, -0.2) is 16.0 Å². The normalized spacial score (nSPS) is 12.9. The maximum Gasteiger partial charge on any atom is 0.418 e. The monoisotopic (exact) mass is 490 g/mol. The van der Waals surface area contributed by atoms with E-state index in [9.17, 15) is 31.1 Å². The highest BCUT2D eigenvalue weighted by Crippen LogP contribution is 2.36. The van der Waals surface area contributed by atoms with E-state index in [0.29, 0.717) is 10.9 Å². The average molecular weight is 490 g/mol. The second-order valence-electron chi connectivity index (χ2n) is 7.50. The smallest absolute Gasteiger partial charge is 0.325 e. The van der Waals surface area contributed by atoms with Gasteiger partial charge in [-0.25, -0.2) is 4.79 Å². The van der Waals surface area contributed by atoms with Crippen molar-refractivity contribution in [3.8, 4) is 0 Å². The van der Waals surface area contributed by atoms with Gasteiger partial charge in [-0.1, -0.05) is 30.3 Å². The molecule has 2 amide bonds. The number of aromatic nitrogens is 2. The molecule has 4 rings (SSSR count). The van der Waals surface area contributed by atoms with Gasteiger partial charge in [-0.15, -0.1) is 0 Å². The zero-order chi connectivity index (χ0) is 25.2. The number of fused-ring (bicyclic) bond motifs is 1. The number of alkyl halides is 6. The summed E-state index contributed by atoms with van der Waals surface area (Å²) in [4.78, 5) is 20.7. The van der Waals surface area contributed by atoms with Crippen molar-refractivity contribution in [2.45, 2.75) is 18.4 Å². The molecule has 2 N–H and O–H groups in total. The Morgan fingerprint density at radius 3 is 2.23 bits per heavy atom. The molecule has 0 aliphatic carbocycles. The molecule has 180 valence electrons. The molecule has 0 aliphatic rings. The molecule has 0 saturated heterocycles. The third-order valence-corrected chi connectivity index (χ3v) is 5.11. The Kier molecular flexibility index (Phi) is 6.33. The van der Waals surface area contributed by atoms with Gasteiger partial charge in [-0.2, -0.15) is 26.3 Å². The number of anilines is 1. The Hall–Kier alpha value is -4.15. The molecule has 0 fully saturated rings. The highest BCUT2D eigenvalue weighted by atomic mass is 19.4. The van der Waals surface area contributed by atoms with E-state index < -0.39 is 41.2 Å². The van der Waals surface area contributed by atoms with Crippen LogP contribution in [0.4, 0.5) is 36.8 Å². The van der Waals surface area contributed by atoms with Gasteiger partial charge in [0.25, 0.3) is 0 Å². The number of hydrogen-bond donors (Lipinski definition) is 2. The second kappa shape index (κ2) is 9.24. The highest BCUT2D eigenvalue weighted by Gasteiger charge is 2.37. The van der Waals surface area contributed by atoms with Crippen molar-refractivity contribution in [1.29, 1.82) is 0 Å². The molecule has 2 aromatic carbocycles.